The third kappa shape index (κ3) is 3.66. The van der Waals surface area contributed by atoms with Gasteiger partial charge in [0.05, 0.1) is 14.2 Å². The summed E-state index contributed by atoms with van der Waals surface area (Å²) in [6.45, 7) is 0. The molecule has 0 spiro atoms. The molecule has 2 nitrogen and oxygen atoms in total. The van der Waals surface area contributed by atoms with Gasteiger partial charge in [-0.1, -0.05) is 22.9 Å². The van der Waals surface area contributed by atoms with Gasteiger partial charge in [0, 0.05) is 18.2 Å². The molecule has 2 aromatic rings. The molecule has 0 amide bonds. The number of hydrogen-bond donors (Lipinski definition) is 0. The average molecular weight is 417 g/mol. The van der Waals surface area contributed by atoms with Gasteiger partial charge in [0.1, 0.15) is 16.5 Å². The molecule has 0 N–H and O–H groups in total. The highest BCUT2D eigenvalue weighted by atomic mass is 127. The largest absolute Gasteiger partial charge is 1.00 e. The lowest BCUT2D eigenvalue weighted by Crippen LogP contribution is -3.61. The van der Waals surface area contributed by atoms with Crippen molar-refractivity contribution in [2.75, 3.05) is 14.2 Å². The minimum atomic E-state index is -0.192. The standard InChI is InChI=1S/C12H11ClIO2S.ClH/c1-15-9-6-8(7-10(16-2)12(9)13)14-11-4-3-5-17-11;/h3-7H,1-2H3;1H/q+1;/p-1. The van der Waals surface area contributed by atoms with Crippen LogP contribution in [0.4, 0.5) is 0 Å². The second-order valence-corrected chi connectivity index (χ2v) is 8.14. The fourth-order valence-electron chi connectivity index (χ4n) is 1.31. The highest BCUT2D eigenvalue weighted by Crippen LogP contribution is 2.33. The Labute approximate surface area is 132 Å². The molecule has 1 aromatic heterocycles. The lowest BCUT2D eigenvalue weighted by molar-refractivity contribution is -0.591. The monoisotopic (exact) mass is 416 g/mol. The summed E-state index contributed by atoms with van der Waals surface area (Å²) in [5.74, 6) is 1.36. The van der Waals surface area contributed by atoms with Crippen molar-refractivity contribution in [2.45, 2.75) is 0 Å². The van der Waals surface area contributed by atoms with Crippen molar-refractivity contribution < 1.29 is 43.1 Å². The van der Waals surface area contributed by atoms with Gasteiger partial charge in [-0.25, -0.2) is 0 Å². The molecule has 0 atom stereocenters. The summed E-state index contributed by atoms with van der Waals surface area (Å²) < 4.78 is 13.2. The maximum atomic E-state index is 6.13. The Bertz CT molecular complexity index is 478. The Morgan fingerprint density at radius 1 is 1.17 bits per heavy atom. The molecule has 0 saturated heterocycles. The first-order valence-corrected chi connectivity index (χ1v) is 8.26. The summed E-state index contributed by atoms with van der Waals surface area (Å²) in [5, 5.41) is 2.63. The number of ether oxygens (including phenoxy) is 2. The van der Waals surface area contributed by atoms with E-state index in [1.165, 1.54) is 6.45 Å². The van der Waals surface area contributed by atoms with Gasteiger partial charge >= 0.3 is 21.2 Å². The minimum Gasteiger partial charge on any atom is -1.00 e. The molecule has 0 saturated carbocycles. The van der Waals surface area contributed by atoms with Crippen LogP contribution in [0.25, 0.3) is 0 Å². The van der Waals surface area contributed by atoms with Crippen LogP contribution in [-0.2, 0) is 0 Å². The van der Waals surface area contributed by atoms with Crippen molar-refractivity contribution in [3.8, 4) is 11.5 Å². The number of halogens is 3. The molecule has 18 heavy (non-hydrogen) atoms. The van der Waals surface area contributed by atoms with Crippen LogP contribution in [0.2, 0.25) is 5.02 Å². The van der Waals surface area contributed by atoms with Crippen molar-refractivity contribution >= 4 is 22.9 Å². The quantitative estimate of drug-likeness (QED) is 0.515. The van der Waals surface area contributed by atoms with E-state index in [1.54, 1.807) is 25.6 Å². The molecule has 98 valence electrons. The first kappa shape index (κ1) is 15.9. The van der Waals surface area contributed by atoms with Crippen LogP contribution in [0, 0.1) is 6.45 Å². The number of hydrogen-bond acceptors (Lipinski definition) is 3. The van der Waals surface area contributed by atoms with E-state index in [1.807, 2.05) is 12.1 Å². The lowest BCUT2D eigenvalue weighted by atomic mass is 10.3. The second-order valence-electron chi connectivity index (χ2n) is 3.14. The number of methoxy groups -OCH3 is 2. The average Bonchev–Trinajstić information content (AvgIpc) is 2.84. The maximum absolute atomic E-state index is 6.13. The van der Waals surface area contributed by atoms with Crippen LogP contribution in [0.5, 0.6) is 11.5 Å². The molecule has 0 radical (unpaired) electrons. The van der Waals surface area contributed by atoms with Crippen LogP contribution in [0.15, 0.2) is 29.6 Å². The molecule has 0 aliphatic heterocycles. The zero-order chi connectivity index (χ0) is 12.3. The molecule has 0 bridgehead atoms. The normalized spacial score (nSPS) is 9.72. The highest BCUT2D eigenvalue weighted by Gasteiger charge is 2.21. The Morgan fingerprint density at radius 2 is 1.78 bits per heavy atom. The van der Waals surface area contributed by atoms with Crippen molar-refractivity contribution in [1.29, 1.82) is 0 Å². The molecule has 0 aliphatic rings. The van der Waals surface area contributed by atoms with Gasteiger partial charge in [-0.2, -0.15) is 0 Å². The van der Waals surface area contributed by atoms with E-state index >= 15 is 0 Å². The molecular formula is C12H11Cl2IO2S. The van der Waals surface area contributed by atoms with Crippen LogP contribution < -0.4 is 43.1 Å². The molecule has 6 heteroatoms. The summed E-state index contributed by atoms with van der Waals surface area (Å²) in [6.07, 6.45) is 0. The molecule has 1 aromatic carbocycles. The van der Waals surface area contributed by atoms with E-state index in [-0.39, 0.29) is 33.6 Å². The first-order valence-electron chi connectivity index (χ1n) is 4.84. The Hall–Kier alpha value is -0.170. The van der Waals surface area contributed by atoms with Gasteiger partial charge in [-0.05, 0) is 11.4 Å². The predicted molar refractivity (Wildman–Crippen MR) is 66.3 cm³/mol. The van der Waals surface area contributed by atoms with E-state index in [0.717, 1.165) is 0 Å². The fraction of sp³-hybridized carbons (Fsp3) is 0.167. The molecular weight excluding hydrogens is 406 g/mol. The third-order valence-corrected chi connectivity index (χ3v) is 6.54. The summed E-state index contributed by atoms with van der Waals surface area (Å²) in [7, 11) is 3.24. The van der Waals surface area contributed by atoms with Crippen LogP contribution in [-0.4, -0.2) is 14.2 Å². The zero-order valence-electron chi connectivity index (χ0n) is 9.75. The van der Waals surface area contributed by atoms with E-state index in [9.17, 15) is 0 Å². The number of benzene rings is 1. The molecule has 0 unspecified atom stereocenters. The Kier molecular flexibility index (Phi) is 6.55. The summed E-state index contributed by atoms with van der Waals surface area (Å²) >= 11 is 7.72. The third-order valence-electron chi connectivity index (χ3n) is 2.10. The maximum Gasteiger partial charge on any atom is 0.370 e. The minimum absolute atomic E-state index is 0. The van der Waals surface area contributed by atoms with Gasteiger partial charge in [-0.3, -0.25) is 0 Å². The number of rotatable bonds is 4. The van der Waals surface area contributed by atoms with Gasteiger partial charge in [0.25, 0.3) is 0 Å². The SMILES string of the molecule is COc1cc([I+]c2cccs2)cc(OC)c1Cl.[Cl-]. The zero-order valence-corrected chi connectivity index (χ0v) is 14.2. The first-order chi connectivity index (χ1) is 8.24. The summed E-state index contributed by atoms with van der Waals surface area (Å²) in [5.41, 5.74) is 0. The van der Waals surface area contributed by atoms with E-state index in [0.29, 0.717) is 16.5 Å². The smallest absolute Gasteiger partial charge is 0.370 e. The van der Waals surface area contributed by atoms with Crippen molar-refractivity contribution in [3.05, 3.63) is 41.1 Å². The van der Waals surface area contributed by atoms with Crippen molar-refractivity contribution in [2.24, 2.45) is 0 Å². The van der Waals surface area contributed by atoms with Crippen LogP contribution in [0.3, 0.4) is 0 Å². The lowest BCUT2D eigenvalue weighted by Gasteiger charge is -2.06. The predicted octanol–water partition coefficient (Wildman–Crippen LogP) is -2.45. The number of thiophene rings is 1. The van der Waals surface area contributed by atoms with Crippen molar-refractivity contribution in [1.82, 2.24) is 0 Å². The van der Waals surface area contributed by atoms with Gasteiger partial charge in [0.15, 0.2) is 0 Å². The fourth-order valence-corrected chi connectivity index (χ4v) is 5.36. The highest BCUT2D eigenvalue weighted by molar-refractivity contribution is 7.07. The second kappa shape index (κ2) is 7.43. The van der Waals surface area contributed by atoms with Crippen LogP contribution >= 0.6 is 22.9 Å². The molecule has 1 heterocycles. The van der Waals surface area contributed by atoms with E-state index in [4.69, 9.17) is 21.1 Å². The van der Waals surface area contributed by atoms with E-state index in [2.05, 4.69) is 17.5 Å². The van der Waals surface area contributed by atoms with Crippen LogP contribution in [0.1, 0.15) is 0 Å². The van der Waals surface area contributed by atoms with E-state index < -0.39 is 0 Å². The van der Waals surface area contributed by atoms with Gasteiger partial charge < -0.3 is 21.9 Å². The summed E-state index contributed by atoms with van der Waals surface area (Å²) in [4.78, 5) is 0. The molecule has 0 fully saturated rings. The summed E-state index contributed by atoms with van der Waals surface area (Å²) in [6, 6.07) is 8.23. The molecule has 2 rings (SSSR count). The van der Waals surface area contributed by atoms with Crippen molar-refractivity contribution in [3.63, 3.8) is 0 Å². The Balaban J connectivity index is 0.00000162. The Morgan fingerprint density at radius 3 is 2.22 bits per heavy atom. The topological polar surface area (TPSA) is 18.5 Å². The van der Waals surface area contributed by atoms with Gasteiger partial charge in [0.2, 0.25) is 6.45 Å². The van der Waals surface area contributed by atoms with Gasteiger partial charge in [-0.15, -0.1) is 0 Å². The molecule has 0 aliphatic carbocycles.